The van der Waals surface area contributed by atoms with Crippen molar-refractivity contribution in [2.24, 2.45) is 5.92 Å². The van der Waals surface area contributed by atoms with Gasteiger partial charge in [-0.05, 0) is 31.9 Å². The first-order valence-corrected chi connectivity index (χ1v) is 5.92. The molecule has 0 aromatic rings. The summed E-state index contributed by atoms with van der Waals surface area (Å²) in [4.78, 5) is 0. The van der Waals surface area contributed by atoms with Crippen LogP contribution in [0.4, 0.5) is 0 Å². The van der Waals surface area contributed by atoms with Crippen molar-refractivity contribution in [1.29, 1.82) is 0 Å². The molecule has 0 saturated heterocycles. The van der Waals surface area contributed by atoms with Gasteiger partial charge in [0.2, 0.25) is 0 Å². The van der Waals surface area contributed by atoms with E-state index in [1.807, 2.05) is 0 Å². The van der Waals surface area contributed by atoms with Crippen LogP contribution in [0.15, 0.2) is 11.8 Å². The van der Waals surface area contributed by atoms with Gasteiger partial charge in [0.1, 0.15) is 5.76 Å². The summed E-state index contributed by atoms with van der Waals surface area (Å²) < 4.78 is 5.66. The van der Waals surface area contributed by atoms with E-state index in [9.17, 15) is 0 Å². The van der Waals surface area contributed by atoms with E-state index in [2.05, 4.69) is 18.4 Å². The highest BCUT2D eigenvalue weighted by Crippen LogP contribution is 2.30. The highest BCUT2D eigenvalue weighted by atomic mass is 16.5. The van der Waals surface area contributed by atoms with Crippen LogP contribution in [-0.4, -0.2) is 19.7 Å². The zero-order valence-corrected chi connectivity index (χ0v) is 9.09. The second-order valence-corrected chi connectivity index (χ2v) is 4.41. The van der Waals surface area contributed by atoms with Crippen LogP contribution in [-0.2, 0) is 4.74 Å². The van der Waals surface area contributed by atoms with Gasteiger partial charge < -0.3 is 10.1 Å². The molecule has 0 spiro atoms. The average molecular weight is 195 g/mol. The summed E-state index contributed by atoms with van der Waals surface area (Å²) in [6, 6.07) is 0.484. The molecular weight excluding hydrogens is 174 g/mol. The fourth-order valence-corrected chi connectivity index (χ4v) is 2.73. The molecule has 1 N–H and O–H groups in total. The molecule has 1 unspecified atom stereocenters. The van der Waals surface area contributed by atoms with Crippen molar-refractivity contribution in [3.63, 3.8) is 0 Å². The SMILES string of the molecule is CNC(C1=CCCO1)C1CCCCC1. The van der Waals surface area contributed by atoms with E-state index in [4.69, 9.17) is 4.74 Å². The lowest BCUT2D eigenvalue weighted by Gasteiger charge is -2.30. The molecule has 2 rings (SSSR count). The van der Waals surface area contributed by atoms with Crippen LogP contribution in [0.3, 0.4) is 0 Å². The molecule has 80 valence electrons. The predicted molar refractivity (Wildman–Crippen MR) is 58.1 cm³/mol. The molecule has 0 amide bonds. The van der Waals surface area contributed by atoms with E-state index in [1.54, 1.807) is 0 Å². The molecule has 2 nitrogen and oxygen atoms in total. The molecule has 1 saturated carbocycles. The number of rotatable bonds is 3. The Bertz CT molecular complexity index is 206. The molecule has 0 bridgehead atoms. The molecule has 0 aromatic heterocycles. The summed E-state index contributed by atoms with van der Waals surface area (Å²) in [6.07, 6.45) is 10.3. The van der Waals surface area contributed by atoms with Gasteiger partial charge in [0.15, 0.2) is 0 Å². The summed E-state index contributed by atoms with van der Waals surface area (Å²) in [5.74, 6) is 2.01. The van der Waals surface area contributed by atoms with Crippen LogP contribution >= 0.6 is 0 Å². The van der Waals surface area contributed by atoms with Gasteiger partial charge in [0, 0.05) is 6.42 Å². The topological polar surface area (TPSA) is 21.3 Å². The van der Waals surface area contributed by atoms with Gasteiger partial charge in [-0.25, -0.2) is 0 Å². The summed E-state index contributed by atoms with van der Waals surface area (Å²) >= 11 is 0. The molecule has 2 aliphatic rings. The lowest BCUT2D eigenvalue weighted by molar-refractivity contribution is 0.180. The van der Waals surface area contributed by atoms with E-state index >= 15 is 0 Å². The Balaban J connectivity index is 1.96. The van der Waals surface area contributed by atoms with Crippen molar-refractivity contribution in [1.82, 2.24) is 5.32 Å². The molecule has 14 heavy (non-hydrogen) atoms. The molecule has 2 heteroatoms. The molecule has 0 radical (unpaired) electrons. The number of nitrogens with one attached hydrogen (secondary N) is 1. The van der Waals surface area contributed by atoms with Crippen LogP contribution < -0.4 is 5.32 Å². The minimum Gasteiger partial charge on any atom is -0.496 e. The van der Waals surface area contributed by atoms with Crippen molar-refractivity contribution in [3.8, 4) is 0 Å². The standard InChI is InChI=1S/C12H21NO/c1-13-12(11-8-5-9-14-11)10-6-3-2-4-7-10/h8,10,12-13H,2-7,9H2,1H3. The second-order valence-electron chi connectivity index (χ2n) is 4.41. The number of hydrogen-bond acceptors (Lipinski definition) is 2. The number of hydrogen-bond donors (Lipinski definition) is 1. The van der Waals surface area contributed by atoms with Crippen LogP contribution in [0.1, 0.15) is 38.5 Å². The minimum atomic E-state index is 0.484. The van der Waals surface area contributed by atoms with Crippen LogP contribution in [0.25, 0.3) is 0 Å². The largest absolute Gasteiger partial charge is 0.496 e. The first-order chi connectivity index (χ1) is 6.92. The van der Waals surface area contributed by atoms with E-state index < -0.39 is 0 Å². The fourth-order valence-electron chi connectivity index (χ4n) is 2.73. The fraction of sp³-hybridized carbons (Fsp3) is 0.833. The van der Waals surface area contributed by atoms with Crippen molar-refractivity contribution in [3.05, 3.63) is 11.8 Å². The molecular formula is C12H21NO. The summed E-state index contributed by atoms with van der Waals surface area (Å²) in [5.41, 5.74) is 0. The smallest absolute Gasteiger partial charge is 0.109 e. The Morgan fingerprint density at radius 1 is 1.36 bits per heavy atom. The first-order valence-electron chi connectivity index (χ1n) is 5.92. The summed E-state index contributed by atoms with van der Waals surface area (Å²) in [6.45, 7) is 0.889. The van der Waals surface area contributed by atoms with Crippen molar-refractivity contribution in [2.75, 3.05) is 13.7 Å². The van der Waals surface area contributed by atoms with Crippen LogP contribution in [0, 0.1) is 5.92 Å². The van der Waals surface area contributed by atoms with E-state index in [1.165, 1.54) is 37.9 Å². The summed E-state index contributed by atoms with van der Waals surface area (Å²) in [5, 5.41) is 3.42. The molecule has 1 aliphatic heterocycles. The Labute approximate surface area is 86.7 Å². The predicted octanol–water partition coefficient (Wildman–Crippen LogP) is 2.46. The van der Waals surface area contributed by atoms with Crippen molar-refractivity contribution in [2.45, 2.75) is 44.6 Å². The molecule has 1 heterocycles. The Hall–Kier alpha value is -0.500. The van der Waals surface area contributed by atoms with E-state index in [0.717, 1.165) is 18.9 Å². The maximum absolute atomic E-state index is 5.66. The van der Waals surface area contributed by atoms with Crippen molar-refractivity contribution >= 4 is 0 Å². The van der Waals surface area contributed by atoms with Crippen LogP contribution in [0.5, 0.6) is 0 Å². The zero-order valence-electron chi connectivity index (χ0n) is 9.09. The van der Waals surface area contributed by atoms with Crippen LogP contribution in [0.2, 0.25) is 0 Å². The average Bonchev–Trinajstić information content (AvgIpc) is 2.74. The van der Waals surface area contributed by atoms with Gasteiger partial charge in [0.05, 0.1) is 12.6 Å². The Morgan fingerprint density at radius 2 is 2.14 bits per heavy atom. The third-order valence-corrected chi connectivity index (χ3v) is 3.47. The van der Waals surface area contributed by atoms with Gasteiger partial charge in [-0.15, -0.1) is 0 Å². The monoisotopic (exact) mass is 195 g/mol. The molecule has 0 aromatic carbocycles. The quantitative estimate of drug-likeness (QED) is 0.747. The minimum absolute atomic E-state index is 0.484. The second kappa shape index (κ2) is 4.83. The normalized spacial score (nSPS) is 25.6. The molecule has 1 fully saturated rings. The van der Waals surface area contributed by atoms with E-state index in [0.29, 0.717) is 6.04 Å². The lowest BCUT2D eigenvalue weighted by Crippen LogP contribution is -2.36. The Kier molecular flexibility index (Phi) is 3.46. The third kappa shape index (κ3) is 2.11. The van der Waals surface area contributed by atoms with Gasteiger partial charge in [-0.1, -0.05) is 19.3 Å². The maximum Gasteiger partial charge on any atom is 0.109 e. The summed E-state index contributed by atoms with van der Waals surface area (Å²) in [7, 11) is 2.06. The van der Waals surface area contributed by atoms with Gasteiger partial charge in [-0.3, -0.25) is 0 Å². The van der Waals surface area contributed by atoms with Gasteiger partial charge >= 0.3 is 0 Å². The van der Waals surface area contributed by atoms with Gasteiger partial charge in [0.25, 0.3) is 0 Å². The highest BCUT2D eigenvalue weighted by molar-refractivity contribution is 5.09. The van der Waals surface area contributed by atoms with E-state index in [-0.39, 0.29) is 0 Å². The number of ether oxygens (including phenoxy) is 1. The highest BCUT2D eigenvalue weighted by Gasteiger charge is 2.27. The van der Waals surface area contributed by atoms with Crippen molar-refractivity contribution < 1.29 is 4.74 Å². The maximum atomic E-state index is 5.66. The lowest BCUT2D eigenvalue weighted by atomic mass is 9.83. The molecule has 1 aliphatic carbocycles. The zero-order chi connectivity index (χ0) is 9.80. The third-order valence-electron chi connectivity index (χ3n) is 3.47. The van der Waals surface area contributed by atoms with Gasteiger partial charge in [-0.2, -0.15) is 0 Å². The Morgan fingerprint density at radius 3 is 2.71 bits per heavy atom. The number of likely N-dealkylation sites (N-methyl/N-ethyl adjacent to an activating group) is 1. The molecule has 1 atom stereocenters. The first kappa shape index (κ1) is 10.0.